The Balaban J connectivity index is 2.10. The first-order valence-electron chi connectivity index (χ1n) is 9.33. The quantitative estimate of drug-likeness (QED) is 0.432. The maximum atomic E-state index is 6.17. The monoisotopic (exact) mass is 341 g/mol. The molecule has 0 saturated heterocycles. The fourth-order valence-corrected chi connectivity index (χ4v) is 3.17. The SMILES string of the molecule is C#Cc1cc(/N=C/N(C)CC)c(C)nc1O[C@H]1CC[C@@H](C(C)C)CC1. The molecule has 1 aromatic rings. The highest BCUT2D eigenvalue weighted by Gasteiger charge is 2.25. The lowest BCUT2D eigenvalue weighted by Crippen LogP contribution is -2.26. The van der Waals surface area contributed by atoms with Gasteiger partial charge in [0.1, 0.15) is 6.10 Å². The summed E-state index contributed by atoms with van der Waals surface area (Å²) in [6.45, 7) is 9.54. The van der Waals surface area contributed by atoms with Gasteiger partial charge in [0.15, 0.2) is 0 Å². The molecule has 136 valence electrons. The van der Waals surface area contributed by atoms with Crippen molar-refractivity contribution in [2.75, 3.05) is 13.6 Å². The number of hydrogen-bond acceptors (Lipinski definition) is 3. The van der Waals surface area contributed by atoms with E-state index in [9.17, 15) is 0 Å². The van der Waals surface area contributed by atoms with Crippen LogP contribution in [0.15, 0.2) is 11.1 Å². The van der Waals surface area contributed by atoms with Crippen molar-refractivity contribution in [1.29, 1.82) is 0 Å². The summed E-state index contributed by atoms with van der Waals surface area (Å²) >= 11 is 0. The Morgan fingerprint density at radius 1 is 1.40 bits per heavy atom. The number of aliphatic imine (C=N–C) groups is 1. The molecule has 4 heteroatoms. The van der Waals surface area contributed by atoms with Crippen LogP contribution in [-0.2, 0) is 0 Å². The summed E-state index contributed by atoms with van der Waals surface area (Å²) in [7, 11) is 1.99. The van der Waals surface area contributed by atoms with E-state index in [1.807, 2.05) is 24.9 Å². The molecule has 0 aromatic carbocycles. The lowest BCUT2D eigenvalue weighted by molar-refractivity contribution is 0.112. The summed E-state index contributed by atoms with van der Waals surface area (Å²) in [5, 5.41) is 0. The number of pyridine rings is 1. The number of ether oxygens (including phenoxy) is 1. The predicted octanol–water partition coefficient (Wildman–Crippen LogP) is 4.58. The minimum Gasteiger partial charge on any atom is -0.473 e. The third kappa shape index (κ3) is 5.22. The number of nitrogens with zero attached hydrogens (tertiary/aromatic N) is 3. The molecule has 1 aliphatic carbocycles. The van der Waals surface area contributed by atoms with E-state index in [0.29, 0.717) is 11.4 Å². The second kappa shape index (κ2) is 8.89. The molecule has 25 heavy (non-hydrogen) atoms. The zero-order valence-electron chi connectivity index (χ0n) is 16.2. The normalized spacial score (nSPS) is 20.7. The van der Waals surface area contributed by atoms with Gasteiger partial charge in [0.2, 0.25) is 5.88 Å². The Hall–Kier alpha value is -2.02. The molecular weight excluding hydrogens is 310 g/mol. The van der Waals surface area contributed by atoms with Crippen LogP contribution >= 0.6 is 0 Å². The second-order valence-corrected chi connectivity index (χ2v) is 7.31. The molecule has 0 radical (unpaired) electrons. The summed E-state index contributed by atoms with van der Waals surface area (Å²) in [6.07, 6.45) is 12.3. The molecule has 0 unspecified atom stereocenters. The Kier molecular flexibility index (Phi) is 6.87. The summed E-state index contributed by atoms with van der Waals surface area (Å²) < 4.78 is 6.17. The van der Waals surface area contributed by atoms with E-state index in [-0.39, 0.29) is 6.10 Å². The first-order chi connectivity index (χ1) is 11.9. The largest absolute Gasteiger partial charge is 0.473 e. The van der Waals surface area contributed by atoms with Gasteiger partial charge in [-0.3, -0.25) is 0 Å². The Bertz CT molecular complexity index is 637. The lowest BCUT2D eigenvalue weighted by Gasteiger charge is -2.31. The minimum atomic E-state index is 0.217. The van der Waals surface area contributed by atoms with E-state index in [2.05, 4.69) is 36.7 Å². The fourth-order valence-electron chi connectivity index (χ4n) is 3.17. The Labute approximate surface area is 152 Å². The topological polar surface area (TPSA) is 37.7 Å². The zero-order chi connectivity index (χ0) is 18.4. The second-order valence-electron chi connectivity index (χ2n) is 7.31. The predicted molar refractivity (Wildman–Crippen MR) is 105 cm³/mol. The van der Waals surface area contributed by atoms with Crippen LogP contribution in [0, 0.1) is 31.1 Å². The number of aryl methyl sites for hydroxylation is 1. The van der Waals surface area contributed by atoms with E-state index in [1.165, 1.54) is 12.8 Å². The Morgan fingerprint density at radius 3 is 2.64 bits per heavy atom. The van der Waals surface area contributed by atoms with Gasteiger partial charge in [-0.05, 0) is 57.4 Å². The third-order valence-electron chi connectivity index (χ3n) is 5.14. The molecule has 1 aromatic heterocycles. The van der Waals surface area contributed by atoms with Crippen molar-refractivity contribution >= 4 is 12.0 Å². The van der Waals surface area contributed by atoms with E-state index >= 15 is 0 Å². The molecule has 1 saturated carbocycles. The van der Waals surface area contributed by atoms with Gasteiger partial charge in [0.05, 0.1) is 23.3 Å². The van der Waals surface area contributed by atoms with Crippen molar-refractivity contribution in [3.05, 3.63) is 17.3 Å². The van der Waals surface area contributed by atoms with Crippen LogP contribution in [0.5, 0.6) is 5.88 Å². The highest BCUT2D eigenvalue weighted by Crippen LogP contribution is 2.33. The molecule has 1 heterocycles. The van der Waals surface area contributed by atoms with Crippen LogP contribution < -0.4 is 4.74 Å². The summed E-state index contributed by atoms with van der Waals surface area (Å²) in [5.41, 5.74) is 2.32. The summed E-state index contributed by atoms with van der Waals surface area (Å²) in [6, 6.07) is 1.90. The summed E-state index contributed by atoms with van der Waals surface area (Å²) in [4.78, 5) is 11.1. The van der Waals surface area contributed by atoms with Crippen LogP contribution in [0.4, 0.5) is 5.69 Å². The van der Waals surface area contributed by atoms with Gasteiger partial charge in [-0.1, -0.05) is 19.8 Å². The standard InChI is InChI=1S/C21H31N3O/c1-7-17-13-20(22-14-24(6)8-2)16(5)23-21(17)25-19-11-9-18(10-12-19)15(3)4/h1,13-15,18-19H,8-12H2,2-6H3/b22-14+/t18-,19+. The minimum absolute atomic E-state index is 0.217. The molecule has 1 aliphatic rings. The van der Waals surface area contributed by atoms with Crippen LogP contribution in [0.2, 0.25) is 0 Å². The molecule has 1 fully saturated rings. The van der Waals surface area contributed by atoms with Crippen molar-refractivity contribution in [2.24, 2.45) is 16.8 Å². The molecule has 0 amide bonds. The molecule has 0 bridgehead atoms. The van der Waals surface area contributed by atoms with Crippen molar-refractivity contribution in [2.45, 2.75) is 59.5 Å². The average Bonchev–Trinajstić information content (AvgIpc) is 2.61. The first kappa shape index (κ1) is 19.3. The van der Waals surface area contributed by atoms with E-state index in [1.54, 1.807) is 6.34 Å². The Morgan fingerprint density at radius 2 is 2.08 bits per heavy atom. The average molecular weight is 341 g/mol. The molecule has 0 aliphatic heterocycles. The summed E-state index contributed by atoms with van der Waals surface area (Å²) in [5.74, 6) is 4.85. The molecule has 0 N–H and O–H groups in total. The molecule has 2 rings (SSSR count). The van der Waals surface area contributed by atoms with Crippen LogP contribution in [0.1, 0.15) is 57.7 Å². The van der Waals surface area contributed by atoms with Crippen molar-refractivity contribution in [1.82, 2.24) is 9.88 Å². The van der Waals surface area contributed by atoms with Crippen molar-refractivity contribution in [3.8, 4) is 18.2 Å². The van der Waals surface area contributed by atoms with Crippen LogP contribution in [-0.4, -0.2) is 35.9 Å². The number of hydrogen-bond donors (Lipinski definition) is 0. The van der Waals surface area contributed by atoms with Crippen molar-refractivity contribution < 1.29 is 4.74 Å². The van der Waals surface area contributed by atoms with E-state index in [4.69, 9.17) is 11.2 Å². The molecular formula is C21H31N3O. The van der Waals surface area contributed by atoms with E-state index < -0.39 is 0 Å². The highest BCUT2D eigenvalue weighted by molar-refractivity contribution is 5.64. The van der Waals surface area contributed by atoms with E-state index in [0.717, 1.165) is 42.6 Å². The number of rotatable bonds is 6. The van der Waals surface area contributed by atoms with Gasteiger partial charge in [-0.15, -0.1) is 6.42 Å². The lowest BCUT2D eigenvalue weighted by atomic mass is 9.80. The highest BCUT2D eigenvalue weighted by atomic mass is 16.5. The van der Waals surface area contributed by atoms with Gasteiger partial charge in [-0.25, -0.2) is 9.98 Å². The number of terminal acetylenes is 1. The third-order valence-corrected chi connectivity index (χ3v) is 5.14. The van der Waals surface area contributed by atoms with Gasteiger partial charge < -0.3 is 9.64 Å². The van der Waals surface area contributed by atoms with Gasteiger partial charge in [0.25, 0.3) is 0 Å². The van der Waals surface area contributed by atoms with Gasteiger partial charge in [0, 0.05) is 13.6 Å². The smallest absolute Gasteiger partial charge is 0.230 e. The fraction of sp³-hybridized carbons (Fsp3) is 0.619. The van der Waals surface area contributed by atoms with Gasteiger partial charge in [-0.2, -0.15) is 0 Å². The van der Waals surface area contributed by atoms with Crippen LogP contribution in [0.25, 0.3) is 0 Å². The first-order valence-corrected chi connectivity index (χ1v) is 9.33. The maximum absolute atomic E-state index is 6.17. The molecule has 0 spiro atoms. The van der Waals surface area contributed by atoms with Crippen LogP contribution in [0.3, 0.4) is 0 Å². The molecule has 0 atom stereocenters. The van der Waals surface area contributed by atoms with Crippen molar-refractivity contribution in [3.63, 3.8) is 0 Å². The maximum Gasteiger partial charge on any atom is 0.230 e. The molecule has 4 nitrogen and oxygen atoms in total. The number of aromatic nitrogens is 1. The van der Waals surface area contributed by atoms with Gasteiger partial charge >= 0.3 is 0 Å². The zero-order valence-corrected chi connectivity index (χ0v) is 16.2.